The summed E-state index contributed by atoms with van der Waals surface area (Å²) in [4.78, 5) is 57.8. The van der Waals surface area contributed by atoms with Crippen molar-refractivity contribution in [1.82, 2.24) is 10.6 Å². The minimum Gasteiger partial charge on any atom is -0.492 e. The fraction of sp³-hybridized carbons (Fsp3) is 0.531. The number of nitrogens with two attached hydrogens (primary N) is 1. The van der Waals surface area contributed by atoms with E-state index in [1.165, 1.54) is 50.5 Å². The molecule has 1 fully saturated rings. The number of primary amides is 1. The molecule has 0 heterocycles. The zero-order chi connectivity index (χ0) is 34.8. The first kappa shape index (κ1) is 38.4. The van der Waals surface area contributed by atoms with Gasteiger partial charge >= 0.3 is 15.2 Å². The highest BCUT2D eigenvalue weighted by Gasteiger charge is 2.48. The van der Waals surface area contributed by atoms with Gasteiger partial charge in [-0.3, -0.25) is 23.5 Å². The summed E-state index contributed by atoms with van der Waals surface area (Å²) in [6.07, 6.45) is 5.77. The molecule has 15 heteroatoms. The van der Waals surface area contributed by atoms with Gasteiger partial charge in [-0.05, 0) is 68.4 Å². The normalized spacial score (nSPS) is 16.1. The molecule has 0 bridgehead atoms. The molecule has 1 unspecified atom stereocenters. The standard InChI is InChI=1S/C32H47N3O10P2/c1-5-44-47(42,45-6-2)32(46(39,40)41)25-14-12-23(13-15-25)18-28(35-22(4)36)31(38)34-21(3)26-16-17-29(27(19-26)30(33)37)43-20-24-10-8-7-9-11-24/h12-17,19,21,24,28,32H,5-11,18,20H2,1-4H3,(H2,33,37)(H,34,38)(H,35,36)(H2,39,40,41)/t21-,28-,32?/m0/s1. The van der Waals surface area contributed by atoms with Gasteiger partial charge in [-0.15, -0.1) is 0 Å². The summed E-state index contributed by atoms with van der Waals surface area (Å²) in [5.74, 6) is -0.766. The Bertz CT molecular complexity index is 1460. The van der Waals surface area contributed by atoms with Crippen LogP contribution in [0, 0.1) is 5.92 Å². The molecule has 0 aromatic heterocycles. The average molecular weight is 696 g/mol. The van der Waals surface area contributed by atoms with Crippen molar-refractivity contribution >= 4 is 32.9 Å². The first-order valence-corrected chi connectivity index (χ1v) is 19.1. The van der Waals surface area contributed by atoms with Gasteiger partial charge in [-0.1, -0.05) is 49.6 Å². The highest BCUT2D eigenvalue weighted by Crippen LogP contribution is 2.74. The van der Waals surface area contributed by atoms with E-state index in [9.17, 15) is 33.3 Å². The van der Waals surface area contributed by atoms with Gasteiger partial charge in [0, 0.05) is 13.3 Å². The Morgan fingerprint density at radius 1 is 0.936 bits per heavy atom. The lowest BCUT2D eigenvalue weighted by molar-refractivity contribution is -0.128. The van der Waals surface area contributed by atoms with Crippen LogP contribution < -0.4 is 21.1 Å². The molecule has 0 saturated heterocycles. The Morgan fingerprint density at radius 2 is 1.53 bits per heavy atom. The zero-order valence-corrected chi connectivity index (χ0v) is 29.1. The third-order valence-electron chi connectivity index (χ3n) is 7.98. The van der Waals surface area contributed by atoms with Gasteiger partial charge in [-0.25, -0.2) is 0 Å². The predicted molar refractivity (Wildman–Crippen MR) is 177 cm³/mol. The smallest absolute Gasteiger partial charge is 0.350 e. The SMILES string of the molecule is CCOP(=O)(OCC)C(c1ccc(C[C@H](NC(C)=O)C(=O)N[C@@H](C)c2ccc(OCC3CCCCC3)c(C(N)=O)c2)cc1)P(=O)(O)O. The minimum atomic E-state index is -5.00. The fourth-order valence-electron chi connectivity index (χ4n) is 5.71. The van der Waals surface area contributed by atoms with Crippen LogP contribution in [0.1, 0.15) is 98.3 Å². The molecule has 1 aliphatic carbocycles. The second-order valence-electron chi connectivity index (χ2n) is 11.7. The molecule has 0 radical (unpaired) electrons. The lowest BCUT2D eigenvalue weighted by Crippen LogP contribution is -2.48. The summed E-state index contributed by atoms with van der Waals surface area (Å²) < 4.78 is 42.2. The Morgan fingerprint density at radius 3 is 2.06 bits per heavy atom. The Hall–Kier alpha value is -3.05. The van der Waals surface area contributed by atoms with Crippen molar-refractivity contribution in [3.05, 3.63) is 64.7 Å². The maximum absolute atomic E-state index is 13.4. The fourth-order valence-corrected chi connectivity index (χ4v) is 9.76. The molecule has 3 rings (SSSR count). The predicted octanol–water partition coefficient (Wildman–Crippen LogP) is 5.11. The number of hydrogen-bond donors (Lipinski definition) is 5. The lowest BCUT2D eigenvalue weighted by atomic mass is 9.90. The van der Waals surface area contributed by atoms with Crippen molar-refractivity contribution in [2.24, 2.45) is 11.7 Å². The minimum absolute atomic E-state index is 0.0358. The molecule has 1 saturated carbocycles. The molecule has 1 aliphatic rings. The second kappa shape index (κ2) is 17.4. The molecular weight excluding hydrogens is 648 g/mol. The van der Waals surface area contributed by atoms with E-state index in [-0.39, 0.29) is 30.8 Å². The third-order valence-corrected chi connectivity index (χ3v) is 12.8. The van der Waals surface area contributed by atoms with Crippen molar-refractivity contribution in [3.63, 3.8) is 0 Å². The van der Waals surface area contributed by atoms with Crippen LogP contribution in [0.3, 0.4) is 0 Å². The first-order valence-electron chi connectivity index (χ1n) is 15.8. The van der Waals surface area contributed by atoms with Gasteiger partial charge in [0.2, 0.25) is 11.8 Å². The molecule has 0 aliphatic heterocycles. The highest BCUT2D eigenvalue weighted by atomic mass is 31.2. The number of benzene rings is 2. The van der Waals surface area contributed by atoms with Gasteiger partial charge in [-0.2, -0.15) is 0 Å². The number of amides is 3. The Kier molecular flexibility index (Phi) is 14.2. The van der Waals surface area contributed by atoms with E-state index >= 15 is 0 Å². The van der Waals surface area contributed by atoms with Crippen LogP contribution in [0.15, 0.2) is 42.5 Å². The van der Waals surface area contributed by atoms with Crippen molar-refractivity contribution < 1.29 is 47.1 Å². The number of carbonyl (C=O) groups is 3. The van der Waals surface area contributed by atoms with Crippen molar-refractivity contribution in [1.29, 1.82) is 0 Å². The molecule has 3 atom stereocenters. The van der Waals surface area contributed by atoms with E-state index in [0.717, 1.165) is 12.8 Å². The molecule has 2 aromatic carbocycles. The summed E-state index contributed by atoms with van der Waals surface area (Å²) in [7, 11) is -9.24. The Labute approximate surface area is 276 Å². The van der Waals surface area contributed by atoms with E-state index < -0.39 is 50.4 Å². The van der Waals surface area contributed by atoms with Crippen molar-refractivity contribution in [2.45, 2.75) is 83.7 Å². The van der Waals surface area contributed by atoms with E-state index in [0.29, 0.717) is 29.4 Å². The summed E-state index contributed by atoms with van der Waals surface area (Å²) in [5.41, 5.74) is 7.08. The van der Waals surface area contributed by atoms with Gasteiger partial charge in [0.05, 0.1) is 31.4 Å². The number of nitrogens with one attached hydrogen (secondary N) is 2. The van der Waals surface area contributed by atoms with E-state index in [1.807, 2.05) is 0 Å². The molecule has 260 valence electrons. The van der Waals surface area contributed by atoms with Crippen LogP contribution in [-0.2, 0) is 34.2 Å². The maximum atomic E-state index is 13.4. The third kappa shape index (κ3) is 11.0. The van der Waals surface area contributed by atoms with E-state index in [4.69, 9.17) is 19.5 Å². The number of rotatable bonds is 17. The molecule has 3 amide bonds. The number of ether oxygens (including phenoxy) is 1. The second-order valence-corrected chi connectivity index (χ2v) is 15.9. The summed E-state index contributed by atoms with van der Waals surface area (Å²) in [6, 6.07) is 9.27. The lowest BCUT2D eigenvalue weighted by Gasteiger charge is -2.27. The molecular formula is C32H47N3O10P2. The Balaban J connectivity index is 1.76. The maximum Gasteiger partial charge on any atom is 0.350 e. The van der Waals surface area contributed by atoms with Gasteiger partial charge in [0.1, 0.15) is 11.8 Å². The quantitative estimate of drug-likeness (QED) is 0.138. The van der Waals surface area contributed by atoms with E-state index in [1.54, 1.807) is 39.0 Å². The molecule has 6 N–H and O–H groups in total. The molecule has 0 spiro atoms. The van der Waals surface area contributed by atoms with Crippen LogP contribution in [0.2, 0.25) is 0 Å². The summed E-state index contributed by atoms with van der Waals surface area (Å²) in [5, 5.41) is 3.67. The zero-order valence-electron chi connectivity index (χ0n) is 27.3. The van der Waals surface area contributed by atoms with Gasteiger partial charge in [0.25, 0.3) is 5.91 Å². The molecule has 13 nitrogen and oxygen atoms in total. The monoisotopic (exact) mass is 695 g/mol. The summed E-state index contributed by atoms with van der Waals surface area (Å²) in [6.45, 7) is 6.43. The summed E-state index contributed by atoms with van der Waals surface area (Å²) >= 11 is 0. The van der Waals surface area contributed by atoms with E-state index in [2.05, 4.69) is 10.6 Å². The van der Waals surface area contributed by atoms with Gasteiger partial charge < -0.3 is 39.9 Å². The van der Waals surface area contributed by atoms with Crippen LogP contribution in [0.5, 0.6) is 5.75 Å². The number of carbonyl (C=O) groups excluding carboxylic acids is 3. The van der Waals surface area contributed by atoms with Crippen LogP contribution in [0.25, 0.3) is 0 Å². The van der Waals surface area contributed by atoms with Crippen molar-refractivity contribution in [2.75, 3.05) is 19.8 Å². The highest BCUT2D eigenvalue weighted by molar-refractivity contribution is 7.71. The van der Waals surface area contributed by atoms with Gasteiger partial charge in [0.15, 0.2) is 5.40 Å². The van der Waals surface area contributed by atoms with Crippen molar-refractivity contribution in [3.8, 4) is 5.75 Å². The van der Waals surface area contributed by atoms with Crippen LogP contribution in [0.4, 0.5) is 0 Å². The molecule has 47 heavy (non-hydrogen) atoms. The average Bonchev–Trinajstić information content (AvgIpc) is 3.00. The first-order chi connectivity index (χ1) is 22.2. The molecule has 2 aromatic rings. The largest absolute Gasteiger partial charge is 0.492 e. The topological polar surface area (TPSA) is 204 Å². The number of hydrogen-bond acceptors (Lipinski definition) is 8. The van der Waals surface area contributed by atoms with Crippen LogP contribution in [-0.4, -0.2) is 53.4 Å². The van der Waals surface area contributed by atoms with Crippen LogP contribution >= 0.6 is 15.2 Å².